The topological polar surface area (TPSA) is 54.9 Å². The lowest BCUT2D eigenvalue weighted by molar-refractivity contribution is 0.103. The van der Waals surface area contributed by atoms with Gasteiger partial charge in [0.1, 0.15) is 21.7 Å². The molecule has 23 heavy (non-hydrogen) atoms. The molecule has 4 nitrogen and oxygen atoms in total. The number of nitrogens with one attached hydrogen (secondary N) is 1. The normalized spacial score (nSPS) is 11.2. The molecule has 0 saturated carbocycles. The summed E-state index contributed by atoms with van der Waals surface area (Å²) in [5.74, 6) is -0.829. The minimum Gasteiger partial charge on any atom is -0.319 e. The molecular formula is C15H7ClFN3OS2. The highest BCUT2D eigenvalue weighted by Gasteiger charge is 2.20. The Labute approximate surface area is 142 Å². The van der Waals surface area contributed by atoms with Crippen LogP contribution in [0.2, 0.25) is 5.02 Å². The van der Waals surface area contributed by atoms with Crippen molar-refractivity contribution in [3.05, 3.63) is 52.1 Å². The van der Waals surface area contributed by atoms with E-state index >= 15 is 0 Å². The summed E-state index contributed by atoms with van der Waals surface area (Å²) < 4.78 is 22.8. The predicted molar refractivity (Wildman–Crippen MR) is 92.2 cm³/mol. The quantitative estimate of drug-likeness (QED) is 0.548. The van der Waals surface area contributed by atoms with Gasteiger partial charge in [-0.15, -0.1) is 11.3 Å². The first-order chi connectivity index (χ1) is 11.1. The van der Waals surface area contributed by atoms with Crippen LogP contribution in [0, 0.1) is 5.82 Å². The van der Waals surface area contributed by atoms with Crippen LogP contribution in [-0.4, -0.2) is 14.7 Å². The van der Waals surface area contributed by atoms with E-state index in [4.69, 9.17) is 11.6 Å². The maximum absolute atomic E-state index is 13.9. The molecule has 1 amide bonds. The van der Waals surface area contributed by atoms with Crippen molar-refractivity contribution < 1.29 is 9.18 Å². The maximum atomic E-state index is 13.9. The van der Waals surface area contributed by atoms with Crippen LogP contribution >= 0.6 is 34.7 Å². The van der Waals surface area contributed by atoms with Gasteiger partial charge in [-0.3, -0.25) is 4.79 Å². The zero-order valence-electron chi connectivity index (χ0n) is 11.3. The van der Waals surface area contributed by atoms with Gasteiger partial charge in [-0.2, -0.15) is 8.75 Å². The lowest BCUT2D eigenvalue weighted by Crippen LogP contribution is -2.11. The third-order valence-electron chi connectivity index (χ3n) is 3.35. The summed E-state index contributed by atoms with van der Waals surface area (Å²) in [6, 6.07) is 9.99. The molecule has 0 spiro atoms. The van der Waals surface area contributed by atoms with E-state index in [9.17, 15) is 9.18 Å². The second-order valence-electron chi connectivity index (χ2n) is 4.75. The predicted octanol–water partition coefficient (Wildman–Crippen LogP) is 4.95. The van der Waals surface area contributed by atoms with Crippen LogP contribution in [0.15, 0.2) is 36.4 Å². The molecule has 0 fully saturated rings. The van der Waals surface area contributed by atoms with Crippen molar-refractivity contribution in [3.63, 3.8) is 0 Å². The smallest absolute Gasteiger partial charge is 0.267 e. The number of amides is 1. The van der Waals surface area contributed by atoms with E-state index < -0.39 is 11.7 Å². The summed E-state index contributed by atoms with van der Waals surface area (Å²) in [7, 11) is 0. The summed E-state index contributed by atoms with van der Waals surface area (Å²) in [6.45, 7) is 0. The van der Waals surface area contributed by atoms with Crippen LogP contribution < -0.4 is 5.32 Å². The van der Waals surface area contributed by atoms with Crippen LogP contribution in [0.1, 0.15) is 9.67 Å². The van der Waals surface area contributed by atoms with Gasteiger partial charge in [0.05, 0.1) is 22.4 Å². The summed E-state index contributed by atoms with van der Waals surface area (Å²) in [6.07, 6.45) is 0. The lowest BCUT2D eigenvalue weighted by Gasteiger charge is -2.04. The van der Waals surface area contributed by atoms with Gasteiger partial charge in [-0.25, -0.2) is 4.39 Å². The Morgan fingerprint density at radius 1 is 1.17 bits per heavy atom. The second kappa shape index (κ2) is 5.52. The minimum absolute atomic E-state index is 0.129. The van der Waals surface area contributed by atoms with Crippen LogP contribution in [0.25, 0.3) is 21.1 Å². The molecule has 0 aliphatic carbocycles. The summed E-state index contributed by atoms with van der Waals surface area (Å²) in [5.41, 5.74) is 1.88. The van der Waals surface area contributed by atoms with Crippen molar-refractivity contribution in [3.8, 4) is 0 Å². The molecule has 4 rings (SSSR count). The molecule has 8 heteroatoms. The fourth-order valence-corrected chi connectivity index (χ4v) is 4.31. The van der Waals surface area contributed by atoms with Gasteiger partial charge >= 0.3 is 0 Å². The average molecular weight is 364 g/mol. The van der Waals surface area contributed by atoms with Crippen molar-refractivity contribution in [2.75, 3.05) is 5.32 Å². The van der Waals surface area contributed by atoms with E-state index in [1.165, 1.54) is 6.07 Å². The number of carbonyl (C=O) groups is 1. The van der Waals surface area contributed by atoms with Gasteiger partial charge in [0.2, 0.25) is 0 Å². The first-order valence-corrected chi connectivity index (χ1v) is 8.47. The maximum Gasteiger partial charge on any atom is 0.267 e. The minimum atomic E-state index is -0.436. The van der Waals surface area contributed by atoms with Crippen molar-refractivity contribution in [1.82, 2.24) is 8.75 Å². The first kappa shape index (κ1) is 14.5. The Bertz CT molecular complexity index is 1060. The largest absolute Gasteiger partial charge is 0.319 e. The molecule has 1 N–H and O–H groups in total. The van der Waals surface area contributed by atoms with E-state index in [1.807, 2.05) is 6.07 Å². The van der Waals surface area contributed by atoms with Crippen LogP contribution in [-0.2, 0) is 0 Å². The third-order valence-corrected chi connectivity index (χ3v) is 5.53. The molecule has 114 valence electrons. The molecule has 0 unspecified atom stereocenters. The standard InChI is InChI=1S/C15H7ClFN3OS2/c16-12-11-7(17)3-1-6-10(11)22-14(12)15(21)18-8-4-2-5-9-13(8)20-23-19-9/h1-6H,(H,18,21). The molecule has 0 radical (unpaired) electrons. The van der Waals surface area contributed by atoms with E-state index in [-0.39, 0.29) is 15.3 Å². The average Bonchev–Trinajstić information content (AvgIpc) is 3.13. The van der Waals surface area contributed by atoms with E-state index in [1.54, 1.807) is 24.3 Å². The number of aromatic nitrogens is 2. The fourth-order valence-electron chi connectivity index (χ4n) is 2.30. The van der Waals surface area contributed by atoms with Crippen LogP contribution in [0.5, 0.6) is 0 Å². The Morgan fingerprint density at radius 2 is 2.00 bits per heavy atom. The highest BCUT2D eigenvalue weighted by Crippen LogP contribution is 2.37. The zero-order valence-corrected chi connectivity index (χ0v) is 13.7. The van der Waals surface area contributed by atoms with Gasteiger partial charge < -0.3 is 5.32 Å². The highest BCUT2D eigenvalue weighted by atomic mass is 35.5. The van der Waals surface area contributed by atoms with Crippen molar-refractivity contribution in [2.45, 2.75) is 0 Å². The molecule has 2 heterocycles. The number of nitrogens with zero attached hydrogens (tertiary/aromatic N) is 2. The Kier molecular flexibility index (Phi) is 3.48. The highest BCUT2D eigenvalue weighted by molar-refractivity contribution is 7.21. The Morgan fingerprint density at radius 3 is 2.83 bits per heavy atom. The number of rotatable bonds is 2. The number of carbonyl (C=O) groups excluding carboxylic acids is 1. The SMILES string of the molecule is O=C(Nc1cccc2nsnc12)c1sc2cccc(F)c2c1Cl. The van der Waals surface area contributed by atoms with Crippen LogP contribution in [0.3, 0.4) is 0 Å². The Balaban J connectivity index is 1.77. The van der Waals surface area contributed by atoms with Gasteiger partial charge in [-0.1, -0.05) is 23.7 Å². The molecule has 0 aliphatic heterocycles. The summed E-state index contributed by atoms with van der Waals surface area (Å²) in [4.78, 5) is 12.8. The number of fused-ring (bicyclic) bond motifs is 2. The number of halogens is 2. The lowest BCUT2D eigenvalue weighted by atomic mass is 10.2. The third kappa shape index (κ3) is 2.37. The number of anilines is 1. The molecule has 0 atom stereocenters. The molecule has 2 aromatic heterocycles. The van der Waals surface area contributed by atoms with Crippen molar-refractivity contribution >= 4 is 67.4 Å². The monoisotopic (exact) mass is 363 g/mol. The van der Waals surface area contributed by atoms with E-state index in [2.05, 4.69) is 14.1 Å². The molecule has 4 aromatic rings. The number of hydrogen-bond acceptors (Lipinski definition) is 5. The molecule has 0 aliphatic rings. The second-order valence-corrected chi connectivity index (χ2v) is 6.71. The van der Waals surface area contributed by atoms with Gasteiger partial charge in [-0.05, 0) is 24.3 Å². The van der Waals surface area contributed by atoms with E-state index in [0.29, 0.717) is 21.4 Å². The summed E-state index contributed by atoms with van der Waals surface area (Å²) in [5, 5.41) is 3.18. The zero-order chi connectivity index (χ0) is 16.0. The van der Waals surface area contributed by atoms with Crippen LogP contribution in [0.4, 0.5) is 10.1 Å². The molecular weight excluding hydrogens is 357 g/mol. The van der Waals surface area contributed by atoms with Gasteiger partial charge in [0.15, 0.2) is 0 Å². The van der Waals surface area contributed by atoms with Gasteiger partial charge in [0.25, 0.3) is 5.91 Å². The molecule has 2 aromatic carbocycles. The van der Waals surface area contributed by atoms with Gasteiger partial charge in [0, 0.05) is 10.1 Å². The number of benzene rings is 2. The van der Waals surface area contributed by atoms with E-state index in [0.717, 1.165) is 23.1 Å². The Hall–Kier alpha value is -2.09. The number of thiophene rings is 1. The fraction of sp³-hybridized carbons (Fsp3) is 0. The summed E-state index contributed by atoms with van der Waals surface area (Å²) >= 11 is 8.43. The molecule has 0 bridgehead atoms. The molecule has 0 saturated heterocycles. The number of hydrogen-bond donors (Lipinski definition) is 1. The first-order valence-electron chi connectivity index (χ1n) is 6.54. The van der Waals surface area contributed by atoms with Crippen molar-refractivity contribution in [2.24, 2.45) is 0 Å². The van der Waals surface area contributed by atoms with Crippen molar-refractivity contribution in [1.29, 1.82) is 0 Å².